The third-order valence-electron chi connectivity index (χ3n) is 3.58. The molecule has 0 saturated heterocycles. The molecule has 120 valence electrons. The molecule has 1 aromatic rings. The number of rotatable bonds is 11. The van der Waals surface area contributed by atoms with Gasteiger partial charge in [-0.15, -0.1) is 0 Å². The highest BCUT2D eigenvalue weighted by Gasteiger charge is 2.08. The van der Waals surface area contributed by atoms with Gasteiger partial charge in [-0.05, 0) is 50.5 Å². The summed E-state index contributed by atoms with van der Waals surface area (Å²) in [4.78, 5) is 2.52. The Labute approximate surface area is 130 Å². The first-order chi connectivity index (χ1) is 10.2. The topological polar surface area (TPSA) is 24.5 Å². The number of methoxy groups -OCH3 is 1. The molecule has 0 aliphatic carbocycles. The lowest BCUT2D eigenvalue weighted by atomic mass is 10.1. The van der Waals surface area contributed by atoms with E-state index in [-0.39, 0.29) is 0 Å². The van der Waals surface area contributed by atoms with E-state index >= 15 is 0 Å². The smallest absolute Gasteiger partial charge is 0.123 e. The van der Waals surface area contributed by atoms with Gasteiger partial charge in [-0.1, -0.05) is 32.9 Å². The van der Waals surface area contributed by atoms with Crippen LogP contribution in [0.2, 0.25) is 0 Å². The highest BCUT2D eigenvalue weighted by atomic mass is 16.5. The summed E-state index contributed by atoms with van der Waals surface area (Å²) in [6, 6.07) is 6.64. The summed E-state index contributed by atoms with van der Waals surface area (Å²) in [7, 11) is 1.76. The molecule has 0 atom stereocenters. The minimum Gasteiger partial charge on any atom is -0.496 e. The fraction of sp³-hybridized carbons (Fsp3) is 0.667. The summed E-state index contributed by atoms with van der Waals surface area (Å²) in [5, 5.41) is 3.44. The fourth-order valence-corrected chi connectivity index (χ4v) is 2.59. The van der Waals surface area contributed by atoms with E-state index in [9.17, 15) is 0 Å². The van der Waals surface area contributed by atoms with E-state index < -0.39 is 0 Å². The lowest BCUT2D eigenvalue weighted by Gasteiger charge is -2.21. The first-order valence-corrected chi connectivity index (χ1v) is 8.33. The van der Waals surface area contributed by atoms with E-state index in [4.69, 9.17) is 4.74 Å². The second kappa shape index (κ2) is 10.6. The van der Waals surface area contributed by atoms with Crippen molar-refractivity contribution in [3.63, 3.8) is 0 Å². The molecule has 0 aliphatic heterocycles. The Morgan fingerprint density at radius 2 is 1.76 bits per heavy atom. The summed E-state index contributed by atoms with van der Waals surface area (Å²) in [5.41, 5.74) is 2.58. The lowest BCUT2D eigenvalue weighted by molar-refractivity contribution is 0.266. The first kappa shape index (κ1) is 18.0. The zero-order chi connectivity index (χ0) is 15.5. The van der Waals surface area contributed by atoms with Crippen molar-refractivity contribution < 1.29 is 4.74 Å². The molecule has 0 spiro atoms. The van der Waals surface area contributed by atoms with E-state index in [1.165, 1.54) is 24.0 Å². The van der Waals surface area contributed by atoms with Crippen molar-refractivity contribution in [3.8, 4) is 5.75 Å². The van der Waals surface area contributed by atoms with E-state index in [0.717, 1.165) is 44.9 Å². The molecule has 0 fully saturated rings. The number of hydrogen-bond donors (Lipinski definition) is 1. The van der Waals surface area contributed by atoms with E-state index in [0.29, 0.717) is 0 Å². The minimum absolute atomic E-state index is 0.880. The Morgan fingerprint density at radius 1 is 1.05 bits per heavy atom. The predicted molar refractivity (Wildman–Crippen MR) is 90.9 cm³/mol. The number of benzene rings is 1. The second-order valence-corrected chi connectivity index (χ2v) is 5.60. The Hall–Kier alpha value is -1.06. The van der Waals surface area contributed by atoms with Crippen molar-refractivity contribution in [2.45, 2.75) is 53.1 Å². The standard InChI is InChI=1S/C18H32N2O/c1-5-10-19-14-17-9-8-16(13-18(17)21-4)15-20(11-6-2)12-7-3/h8-9,13,19H,5-7,10-12,14-15H2,1-4H3. The van der Waals surface area contributed by atoms with Crippen molar-refractivity contribution in [3.05, 3.63) is 29.3 Å². The van der Waals surface area contributed by atoms with E-state index in [1.54, 1.807) is 7.11 Å². The maximum absolute atomic E-state index is 5.56. The molecule has 1 rings (SSSR count). The molecule has 3 heteroatoms. The fourth-order valence-electron chi connectivity index (χ4n) is 2.59. The van der Waals surface area contributed by atoms with Crippen LogP contribution in [0.5, 0.6) is 5.75 Å². The maximum atomic E-state index is 5.56. The van der Waals surface area contributed by atoms with Crippen LogP contribution in [-0.2, 0) is 13.1 Å². The molecule has 0 aromatic heterocycles. The molecular weight excluding hydrogens is 260 g/mol. The van der Waals surface area contributed by atoms with Gasteiger partial charge in [-0.25, -0.2) is 0 Å². The summed E-state index contributed by atoms with van der Waals surface area (Å²) >= 11 is 0. The van der Waals surface area contributed by atoms with Gasteiger partial charge in [-0.2, -0.15) is 0 Å². The quantitative estimate of drug-likeness (QED) is 0.628. The van der Waals surface area contributed by atoms with Gasteiger partial charge in [0, 0.05) is 18.7 Å². The van der Waals surface area contributed by atoms with Crippen molar-refractivity contribution in [2.75, 3.05) is 26.7 Å². The Morgan fingerprint density at radius 3 is 2.33 bits per heavy atom. The normalized spacial score (nSPS) is 11.1. The van der Waals surface area contributed by atoms with Gasteiger partial charge in [0.1, 0.15) is 5.75 Å². The summed E-state index contributed by atoms with van der Waals surface area (Å²) in [5.74, 6) is 1.00. The van der Waals surface area contributed by atoms with Gasteiger partial charge in [0.2, 0.25) is 0 Å². The Kier molecular flexibility index (Phi) is 9.11. The van der Waals surface area contributed by atoms with Crippen LogP contribution >= 0.6 is 0 Å². The van der Waals surface area contributed by atoms with Gasteiger partial charge in [0.15, 0.2) is 0 Å². The zero-order valence-electron chi connectivity index (χ0n) is 14.2. The monoisotopic (exact) mass is 292 g/mol. The molecule has 0 amide bonds. The van der Waals surface area contributed by atoms with Crippen molar-refractivity contribution >= 4 is 0 Å². The van der Waals surface area contributed by atoms with Gasteiger partial charge < -0.3 is 10.1 Å². The van der Waals surface area contributed by atoms with Crippen LogP contribution in [0.3, 0.4) is 0 Å². The van der Waals surface area contributed by atoms with Crippen molar-refractivity contribution in [2.24, 2.45) is 0 Å². The molecule has 3 nitrogen and oxygen atoms in total. The predicted octanol–water partition coefficient (Wildman–Crippen LogP) is 3.82. The van der Waals surface area contributed by atoms with Gasteiger partial charge in [0.25, 0.3) is 0 Å². The number of nitrogens with zero attached hydrogens (tertiary/aromatic N) is 1. The van der Waals surface area contributed by atoms with Crippen LogP contribution in [-0.4, -0.2) is 31.6 Å². The average molecular weight is 292 g/mol. The molecule has 0 radical (unpaired) electrons. The third kappa shape index (κ3) is 6.49. The SMILES string of the molecule is CCCNCc1ccc(CN(CCC)CCC)cc1OC. The molecule has 1 N–H and O–H groups in total. The molecule has 0 saturated carbocycles. The highest BCUT2D eigenvalue weighted by Crippen LogP contribution is 2.21. The van der Waals surface area contributed by atoms with Crippen LogP contribution in [0, 0.1) is 0 Å². The third-order valence-corrected chi connectivity index (χ3v) is 3.58. The zero-order valence-corrected chi connectivity index (χ0v) is 14.2. The number of hydrogen-bond acceptors (Lipinski definition) is 3. The Bertz CT molecular complexity index is 387. The van der Waals surface area contributed by atoms with Gasteiger partial charge >= 0.3 is 0 Å². The van der Waals surface area contributed by atoms with Gasteiger partial charge in [0.05, 0.1) is 7.11 Å². The molecule has 0 heterocycles. The average Bonchev–Trinajstić information content (AvgIpc) is 2.49. The first-order valence-electron chi connectivity index (χ1n) is 8.33. The summed E-state index contributed by atoms with van der Waals surface area (Å²) in [6.45, 7) is 11.9. The largest absolute Gasteiger partial charge is 0.496 e. The van der Waals surface area contributed by atoms with E-state index in [1.807, 2.05) is 0 Å². The molecule has 1 aromatic carbocycles. The molecule has 21 heavy (non-hydrogen) atoms. The van der Waals surface area contributed by atoms with Crippen molar-refractivity contribution in [1.29, 1.82) is 0 Å². The summed E-state index contributed by atoms with van der Waals surface area (Å²) < 4.78 is 5.56. The van der Waals surface area contributed by atoms with Crippen molar-refractivity contribution in [1.82, 2.24) is 10.2 Å². The van der Waals surface area contributed by atoms with Crippen LogP contribution in [0.4, 0.5) is 0 Å². The van der Waals surface area contributed by atoms with Gasteiger partial charge in [-0.3, -0.25) is 4.90 Å². The van der Waals surface area contributed by atoms with Crippen LogP contribution in [0.25, 0.3) is 0 Å². The van der Waals surface area contributed by atoms with Crippen LogP contribution in [0.1, 0.15) is 51.2 Å². The molecular formula is C18H32N2O. The summed E-state index contributed by atoms with van der Waals surface area (Å²) in [6.07, 6.45) is 3.57. The second-order valence-electron chi connectivity index (χ2n) is 5.60. The van der Waals surface area contributed by atoms with E-state index in [2.05, 4.69) is 49.2 Å². The number of ether oxygens (including phenoxy) is 1. The highest BCUT2D eigenvalue weighted by molar-refractivity contribution is 5.37. The maximum Gasteiger partial charge on any atom is 0.123 e. The molecule has 0 aliphatic rings. The number of nitrogens with one attached hydrogen (secondary N) is 1. The minimum atomic E-state index is 0.880. The molecule has 0 unspecified atom stereocenters. The van der Waals surface area contributed by atoms with Crippen LogP contribution in [0.15, 0.2) is 18.2 Å². The lowest BCUT2D eigenvalue weighted by Crippen LogP contribution is -2.25. The molecule has 0 bridgehead atoms. The van der Waals surface area contributed by atoms with Crippen LogP contribution < -0.4 is 10.1 Å². The Balaban J connectivity index is 2.71.